The number of rotatable bonds is 3. The van der Waals surface area contributed by atoms with Crippen molar-refractivity contribution in [2.24, 2.45) is 0 Å². The average molecular weight is 355 g/mol. The molecule has 106 valence electrons. The van der Waals surface area contributed by atoms with Crippen molar-refractivity contribution in [2.45, 2.75) is 25.7 Å². The summed E-state index contributed by atoms with van der Waals surface area (Å²) in [4.78, 5) is 4.40. The molecule has 6 heteroatoms. The van der Waals surface area contributed by atoms with Gasteiger partial charge in [0.1, 0.15) is 5.82 Å². The largest absolute Gasteiger partial charge is 0.263 e. The van der Waals surface area contributed by atoms with Gasteiger partial charge in [-0.15, -0.1) is 0 Å². The lowest BCUT2D eigenvalue weighted by Gasteiger charge is -2.11. The van der Waals surface area contributed by atoms with Gasteiger partial charge in [0.05, 0.1) is 4.90 Å². The molecular formula is C14H15BrN2O2S. The van der Waals surface area contributed by atoms with Gasteiger partial charge in [0.25, 0.3) is 10.0 Å². The number of anilines is 1. The molecule has 1 N–H and O–H groups in total. The van der Waals surface area contributed by atoms with Crippen molar-refractivity contribution in [3.8, 4) is 0 Å². The molecule has 2 rings (SSSR count). The highest BCUT2D eigenvalue weighted by Gasteiger charge is 2.18. The summed E-state index contributed by atoms with van der Waals surface area (Å²) in [7, 11) is -3.64. The van der Waals surface area contributed by atoms with Crippen molar-refractivity contribution in [3.63, 3.8) is 0 Å². The number of halogens is 1. The molecule has 1 aromatic carbocycles. The van der Waals surface area contributed by atoms with Gasteiger partial charge in [-0.3, -0.25) is 4.72 Å². The van der Waals surface area contributed by atoms with Crippen molar-refractivity contribution in [1.82, 2.24) is 4.98 Å². The van der Waals surface area contributed by atoms with Crippen LogP contribution in [0.2, 0.25) is 0 Å². The third-order valence-electron chi connectivity index (χ3n) is 2.87. The van der Waals surface area contributed by atoms with Crippen LogP contribution >= 0.6 is 15.9 Å². The van der Waals surface area contributed by atoms with E-state index in [0.29, 0.717) is 11.4 Å². The van der Waals surface area contributed by atoms with Crippen LogP contribution in [0.1, 0.15) is 16.8 Å². The van der Waals surface area contributed by atoms with Gasteiger partial charge in [-0.1, -0.05) is 28.1 Å². The maximum atomic E-state index is 12.4. The number of hydrogen-bond acceptors (Lipinski definition) is 3. The van der Waals surface area contributed by atoms with Crippen LogP contribution < -0.4 is 4.72 Å². The summed E-state index contributed by atoms with van der Waals surface area (Å²) < 4.78 is 28.1. The Labute approximate surface area is 127 Å². The minimum absolute atomic E-state index is 0.248. The lowest BCUT2D eigenvalue weighted by atomic mass is 10.2. The molecule has 0 atom stereocenters. The van der Waals surface area contributed by atoms with Crippen LogP contribution in [-0.4, -0.2) is 13.4 Å². The predicted molar refractivity (Wildman–Crippen MR) is 83.4 cm³/mol. The standard InChI is InChI=1S/C14H15BrN2O2S/c1-9-7-10(2)13(8-12(9)15)20(18,19)17-14-6-4-5-11(3)16-14/h4-8H,1-3H3,(H,16,17). The zero-order valence-corrected chi connectivity index (χ0v) is 13.8. The summed E-state index contributed by atoms with van der Waals surface area (Å²) in [5.41, 5.74) is 2.45. The number of aromatic nitrogens is 1. The van der Waals surface area contributed by atoms with Crippen LogP contribution in [0.4, 0.5) is 5.82 Å². The first-order valence-electron chi connectivity index (χ1n) is 6.03. The van der Waals surface area contributed by atoms with E-state index in [-0.39, 0.29) is 4.90 Å². The average Bonchev–Trinajstić information content (AvgIpc) is 2.33. The molecule has 0 fully saturated rings. The number of hydrogen-bond donors (Lipinski definition) is 1. The third kappa shape index (κ3) is 3.19. The summed E-state index contributed by atoms with van der Waals surface area (Å²) in [5, 5.41) is 0. The normalized spacial score (nSPS) is 11.4. The lowest BCUT2D eigenvalue weighted by Crippen LogP contribution is -2.15. The fourth-order valence-electron chi connectivity index (χ4n) is 1.89. The number of sulfonamides is 1. The van der Waals surface area contributed by atoms with Gasteiger partial charge in [-0.25, -0.2) is 13.4 Å². The van der Waals surface area contributed by atoms with Crippen LogP contribution in [0.3, 0.4) is 0 Å². The van der Waals surface area contributed by atoms with E-state index in [0.717, 1.165) is 15.7 Å². The van der Waals surface area contributed by atoms with E-state index in [9.17, 15) is 8.42 Å². The van der Waals surface area contributed by atoms with Gasteiger partial charge in [0, 0.05) is 10.2 Å². The Balaban J connectivity index is 2.43. The van der Waals surface area contributed by atoms with E-state index < -0.39 is 10.0 Å². The summed E-state index contributed by atoms with van der Waals surface area (Å²) in [6.45, 7) is 5.51. The summed E-state index contributed by atoms with van der Waals surface area (Å²) in [6, 6.07) is 8.65. The molecule has 0 spiro atoms. The van der Waals surface area contributed by atoms with E-state index in [4.69, 9.17) is 0 Å². The Morgan fingerprint density at radius 1 is 1.10 bits per heavy atom. The lowest BCUT2D eigenvalue weighted by molar-refractivity contribution is 0.600. The number of nitrogens with zero attached hydrogens (tertiary/aromatic N) is 1. The molecule has 0 amide bonds. The molecule has 0 unspecified atom stereocenters. The summed E-state index contributed by atoms with van der Waals surface area (Å²) in [5.74, 6) is 0.320. The van der Waals surface area contributed by atoms with Gasteiger partial charge in [-0.2, -0.15) is 0 Å². The second-order valence-electron chi connectivity index (χ2n) is 4.64. The maximum absolute atomic E-state index is 12.4. The van der Waals surface area contributed by atoms with Crippen molar-refractivity contribution in [2.75, 3.05) is 4.72 Å². The zero-order valence-electron chi connectivity index (χ0n) is 11.4. The Kier molecular flexibility index (Phi) is 4.15. The van der Waals surface area contributed by atoms with E-state index in [1.54, 1.807) is 25.1 Å². The van der Waals surface area contributed by atoms with Gasteiger partial charge in [-0.05, 0) is 50.1 Å². The molecule has 1 aromatic heterocycles. The molecule has 1 heterocycles. The molecule has 20 heavy (non-hydrogen) atoms. The molecule has 4 nitrogen and oxygen atoms in total. The summed E-state index contributed by atoms with van der Waals surface area (Å²) in [6.07, 6.45) is 0. The fourth-order valence-corrected chi connectivity index (χ4v) is 3.64. The maximum Gasteiger partial charge on any atom is 0.263 e. The monoisotopic (exact) mass is 354 g/mol. The van der Waals surface area contributed by atoms with Crippen molar-refractivity contribution in [1.29, 1.82) is 0 Å². The number of benzene rings is 1. The fraction of sp³-hybridized carbons (Fsp3) is 0.214. The van der Waals surface area contributed by atoms with E-state index in [2.05, 4.69) is 25.6 Å². The first-order valence-corrected chi connectivity index (χ1v) is 8.30. The molecule has 2 aromatic rings. The molecule has 0 saturated carbocycles. The Morgan fingerprint density at radius 3 is 2.45 bits per heavy atom. The van der Waals surface area contributed by atoms with E-state index >= 15 is 0 Å². The quantitative estimate of drug-likeness (QED) is 0.916. The minimum atomic E-state index is -3.64. The highest BCUT2D eigenvalue weighted by Crippen LogP contribution is 2.25. The van der Waals surface area contributed by atoms with Crippen LogP contribution in [0.5, 0.6) is 0 Å². The topological polar surface area (TPSA) is 59.1 Å². The smallest absolute Gasteiger partial charge is 0.263 e. The predicted octanol–water partition coefficient (Wildman–Crippen LogP) is 3.57. The van der Waals surface area contributed by atoms with Gasteiger partial charge < -0.3 is 0 Å². The number of aryl methyl sites for hydroxylation is 3. The molecule has 0 aliphatic carbocycles. The van der Waals surface area contributed by atoms with Crippen LogP contribution in [0.15, 0.2) is 39.7 Å². The number of nitrogens with one attached hydrogen (secondary N) is 1. The van der Waals surface area contributed by atoms with E-state index in [1.165, 1.54) is 0 Å². The molecule has 0 bridgehead atoms. The molecule has 0 saturated heterocycles. The Hall–Kier alpha value is -1.40. The van der Waals surface area contributed by atoms with Crippen LogP contribution in [-0.2, 0) is 10.0 Å². The van der Waals surface area contributed by atoms with Crippen molar-refractivity contribution < 1.29 is 8.42 Å². The van der Waals surface area contributed by atoms with Crippen molar-refractivity contribution >= 4 is 31.8 Å². The highest BCUT2D eigenvalue weighted by molar-refractivity contribution is 9.10. The minimum Gasteiger partial charge on any atom is -0.263 e. The molecular weight excluding hydrogens is 340 g/mol. The number of pyridine rings is 1. The molecule has 0 radical (unpaired) electrons. The summed E-state index contributed by atoms with van der Waals surface area (Å²) >= 11 is 3.36. The molecule has 0 aliphatic rings. The second kappa shape index (κ2) is 5.54. The first kappa shape index (κ1) is 15.0. The second-order valence-corrected chi connectivity index (χ2v) is 7.14. The van der Waals surface area contributed by atoms with Crippen LogP contribution in [0.25, 0.3) is 0 Å². The van der Waals surface area contributed by atoms with Crippen molar-refractivity contribution in [3.05, 3.63) is 51.6 Å². The Morgan fingerprint density at radius 2 is 1.80 bits per heavy atom. The molecule has 0 aliphatic heterocycles. The SMILES string of the molecule is Cc1cccc(NS(=O)(=O)c2cc(Br)c(C)cc2C)n1. The van der Waals surface area contributed by atoms with Gasteiger partial charge in [0.15, 0.2) is 0 Å². The van der Waals surface area contributed by atoms with E-state index in [1.807, 2.05) is 26.0 Å². The van der Waals surface area contributed by atoms with Crippen LogP contribution in [0, 0.1) is 20.8 Å². The van der Waals surface area contributed by atoms with Gasteiger partial charge in [0.2, 0.25) is 0 Å². The first-order chi connectivity index (χ1) is 9.29. The Bertz CT molecular complexity index is 758. The third-order valence-corrected chi connectivity index (χ3v) is 5.22. The zero-order chi connectivity index (χ0) is 14.9. The highest BCUT2D eigenvalue weighted by atomic mass is 79.9. The van der Waals surface area contributed by atoms with Gasteiger partial charge >= 0.3 is 0 Å².